The minimum Gasteiger partial charge on any atom is -0.491 e. The molecule has 1 saturated heterocycles. The average Bonchev–Trinajstić information content (AvgIpc) is 3.42. The maximum absolute atomic E-state index is 13.3. The summed E-state index contributed by atoms with van der Waals surface area (Å²) in [5, 5.41) is 0. The Hall–Kier alpha value is -3.10. The van der Waals surface area contributed by atoms with Gasteiger partial charge in [0.15, 0.2) is 5.82 Å². The van der Waals surface area contributed by atoms with Crippen LogP contribution in [0, 0.1) is 11.8 Å². The first-order valence-electron chi connectivity index (χ1n) is 10.2. The molecule has 1 aromatic heterocycles. The number of imidazole rings is 1. The number of benzene rings is 1. The fourth-order valence-electron chi connectivity index (χ4n) is 4.26. The van der Waals surface area contributed by atoms with Crippen molar-refractivity contribution < 1.29 is 23.5 Å². The average molecular weight is 414 g/mol. The molecule has 1 saturated carbocycles. The third kappa shape index (κ3) is 3.28. The second-order valence-electron chi connectivity index (χ2n) is 8.10. The zero-order valence-electron chi connectivity index (χ0n) is 16.4. The molecule has 2 atom stereocenters. The quantitative estimate of drug-likeness (QED) is 0.782. The molecule has 0 radical (unpaired) electrons. The summed E-state index contributed by atoms with van der Waals surface area (Å²) in [5.41, 5.74) is 7.37. The fourth-order valence-corrected chi connectivity index (χ4v) is 4.26. The number of aromatic nitrogens is 2. The first-order chi connectivity index (χ1) is 14.5. The van der Waals surface area contributed by atoms with Crippen molar-refractivity contribution in [1.82, 2.24) is 9.55 Å². The summed E-state index contributed by atoms with van der Waals surface area (Å²) in [6.45, 7) is 0.293. The molecular weight excluding hydrogens is 391 g/mol. The van der Waals surface area contributed by atoms with Crippen LogP contribution >= 0.6 is 0 Å². The van der Waals surface area contributed by atoms with E-state index in [-0.39, 0.29) is 18.4 Å². The van der Waals surface area contributed by atoms with E-state index in [1.165, 1.54) is 4.90 Å². The smallest absolute Gasteiger partial charge is 0.416 e. The van der Waals surface area contributed by atoms with Gasteiger partial charge in [-0.1, -0.05) is 6.07 Å². The molecule has 0 bridgehead atoms. The summed E-state index contributed by atoms with van der Waals surface area (Å²) in [5.74, 6) is 1.67. The molecule has 2 amide bonds. The molecule has 2 fully saturated rings. The van der Waals surface area contributed by atoms with Crippen LogP contribution in [0.5, 0.6) is 5.75 Å². The molecule has 1 aromatic carbocycles. The first kappa shape index (κ1) is 18.9. The summed E-state index contributed by atoms with van der Waals surface area (Å²) >= 11 is 0. The molecule has 2 aliphatic heterocycles. The van der Waals surface area contributed by atoms with E-state index in [1.54, 1.807) is 6.20 Å². The highest BCUT2D eigenvalue weighted by Crippen LogP contribution is 2.40. The van der Waals surface area contributed by atoms with Crippen LogP contribution in [0.3, 0.4) is 0 Å². The van der Waals surface area contributed by atoms with Crippen molar-refractivity contribution in [2.24, 2.45) is 17.6 Å². The van der Waals surface area contributed by atoms with Gasteiger partial charge >= 0.3 is 6.09 Å². The molecule has 158 valence electrons. The number of halogens is 1. The number of hydrogen-bond donors (Lipinski definition) is 1. The lowest BCUT2D eigenvalue weighted by atomic mass is 9.93. The number of alkyl halides is 1. The number of rotatable bonds is 6. The lowest BCUT2D eigenvalue weighted by Gasteiger charge is -2.16. The highest BCUT2D eigenvalue weighted by Gasteiger charge is 2.37. The van der Waals surface area contributed by atoms with Crippen LogP contribution < -0.4 is 15.4 Å². The van der Waals surface area contributed by atoms with Crippen LogP contribution in [0.2, 0.25) is 0 Å². The molecule has 30 heavy (non-hydrogen) atoms. The second kappa shape index (κ2) is 7.30. The number of ether oxygens (including phenoxy) is 2. The van der Waals surface area contributed by atoms with Crippen molar-refractivity contribution >= 4 is 17.8 Å². The van der Waals surface area contributed by atoms with Gasteiger partial charge in [0.25, 0.3) is 0 Å². The first-order valence-corrected chi connectivity index (χ1v) is 10.2. The van der Waals surface area contributed by atoms with Gasteiger partial charge in [-0.3, -0.25) is 9.69 Å². The molecule has 1 aliphatic carbocycles. The van der Waals surface area contributed by atoms with E-state index in [9.17, 15) is 14.0 Å². The number of amides is 2. The second-order valence-corrected chi connectivity index (χ2v) is 8.10. The maximum atomic E-state index is 13.3. The van der Waals surface area contributed by atoms with Crippen LogP contribution in [-0.4, -0.2) is 47.5 Å². The number of primary amides is 1. The van der Waals surface area contributed by atoms with Gasteiger partial charge in [-0.25, -0.2) is 14.2 Å². The van der Waals surface area contributed by atoms with Crippen LogP contribution in [-0.2, 0) is 22.5 Å². The number of hydrogen-bond acceptors (Lipinski definition) is 5. The standard InChI is InChI=1S/C21H23FN4O4/c22-9-14-11-30-21(28)26(14)18-10-25-5-6-29-17-8-12(1-4-15(17)20(25)24-18)7-16(19(23)27)13-2-3-13/h1,4,8,10,13-14,16H,2-3,5-7,9,11H2,(H2,23,27)/t14-,16+/m1/s1. The van der Waals surface area contributed by atoms with E-state index in [2.05, 4.69) is 4.98 Å². The molecule has 9 heteroatoms. The van der Waals surface area contributed by atoms with E-state index in [4.69, 9.17) is 15.2 Å². The molecule has 3 heterocycles. The van der Waals surface area contributed by atoms with E-state index < -0.39 is 18.8 Å². The number of fused-ring (bicyclic) bond motifs is 3. The summed E-state index contributed by atoms with van der Waals surface area (Å²) in [7, 11) is 0. The Morgan fingerprint density at radius 3 is 2.90 bits per heavy atom. The molecule has 0 spiro atoms. The zero-order valence-corrected chi connectivity index (χ0v) is 16.4. The Kier molecular flexibility index (Phi) is 4.60. The number of cyclic esters (lactones) is 1. The normalized spacial score (nSPS) is 21.3. The molecule has 5 rings (SSSR count). The van der Waals surface area contributed by atoms with Crippen molar-refractivity contribution in [3.63, 3.8) is 0 Å². The zero-order chi connectivity index (χ0) is 20.8. The molecule has 0 unspecified atom stereocenters. The van der Waals surface area contributed by atoms with Gasteiger partial charge < -0.3 is 19.8 Å². The fraction of sp³-hybridized carbons (Fsp3) is 0.476. The minimum atomic E-state index is -0.695. The summed E-state index contributed by atoms with van der Waals surface area (Å²) in [6.07, 6.45) is 3.83. The van der Waals surface area contributed by atoms with Gasteiger partial charge in [0.1, 0.15) is 37.5 Å². The van der Waals surface area contributed by atoms with Gasteiger partial charge in [0.2, 0.25) is 5.91 Å². The topological polar surface area (TPSA) is 99.7 Å². The molecule has 2 N–H and O–H groups in total. The largest absolute Gasteiger partial charge is 0.491 e. The van der Waals surface area contributed by atoms with Crippen LogP contribution in [0.25, 0.3) is 11.4 Å². The monoisotopic (exact) mass is 414 g/mol. The molecule has 8 nitrogen and oxygen atoms in total. The van der Waals surface area contributed by atoms with Crippen molar-refractivity contribution in [2.45, 2.75) is 31.8 Å². The van der Waals surface area contributed by atoms with Crippen molar-refractivity contribution in [3.8, 4) is 17.1 Å². The molecule has 3 aliphatic rings. The number of nitrogens with zero attached hydrogens (tertiary/aromatic N) is 3. The SMILES string of the molecule is NC(=O)[C@@H](Cc1ccc2c(c1)OCCn1cc(N3C(=O)OC[C@H]3CF)nc1-2)C1CC1. The third-order valence-corrected chi connectivity index (χ3v) is 6.04. The summed E-state index contributed by atoms with van der Waals surface area (Å²) in [6, 6.07) is 5.15. The lowest BCUT2D eigenvalue weighted by Crippen LogP contribution is -2.35. The molecule has 2 aromatic rings. The highest BCUT2D eigenvalue weighted by molar-refractivity contribution is 5.89. The lowest BCUT2D eigenvalue weighted by molar-refractivity contribution is -0.122. The van der Waals surface area contributed by atoms with Gasteiger partial charge in [-0.2, -0.15) is 0 Å². The maximum Gasteiger partial charge on any atom is 0.416 e. The molecular formula is C21H23FN4O4. The van der Waals surface area contributed by atoms with Crippen LogP contribution in [0.15, 0.2) is 24.4 Å². The minimum absolute atomic E-state index is 0.0165. The van der Waals surface area contributed by atoms with E-state index in [0.717, 1.165) is 24.0 Å². The number of nitrogens with two attached hydrogens (primary N) is 1. The number of anilines is 1. The number of carbonyl (C=O) groups excluding carboxylic acids is 2. The summed E-state index contributed by atoms with van der Waals surface area (Å²) in [4.78, 5) is 29.7. The Morgan fingerprint density at radius 2 is 2.17 bits per heavy atom. The number of carbonyl (C=O) groups is 2. The van der Waals surface area contributed by atoms with Crippen molar-refractivity contribution in [3.05, 3.63) is 30.0 Å². The van der Waals surface area contributed by atoms with Gasteiger partial charge in [0.05, 0.1) is 12.1 Å². The Bertz CT molecular complexity index is 1000. The van der Waals surface area contributed by atoms with E-state index >= 15 is 0 Å². The Labute approximate surface area is 172 Å². The van der Waals surface area contributed by atoms with Gasteiger partial charge in [0, 0.05) is 12.1 Å². The van der Waals surface area contributed by atoms with E-state index in [0.29, 0.717) is 42.9 Å². The Morgan fingerprint density at radius 1 is 1.33 bits per heavy atom. The van der Waals surface area contributed by atoms with Crippen molar-refractivity contribution in [1.29, 1.82) is 0 Å². The summed E-state index contributed by atoms with van der Waals surface area (Å²) < 4.78 is 26.1. The predicted molar refractivity (Wildman–Crippen MR) is 106 cm³/mol. The highest BCUT2D eigenvalue weighted by atomic mass is 19.1. The van der Waals surface area contributed by atoms with Gasteiger partial charge in [-0.15, -0.1) is 0 Å². The van der Waals surface area contributed by atoms with Gasteiger partial charge in [-0.05, 0) is 42.9 Å². The third-order valence-electron chi connectivity index (χ3n) is 6.04. The Balaban J connectivity index is 1.46. The van der Waals surface area contributed by atoms with E-state index in [1.807, 2.05) is 22.8 Å². The predicted octanol–water partition coefficient (Wildman–Crippen LogP) is 2.29. The van der Waals surface area contributed by atoms with Crippen LogP contribution in [0.1, 0.15) is 18.4 Å². The van der Waals surface area contributed by atoms with Crippen LogP contribution in [0.4, 0.5) is 15.0 Å². The van der Waals surface area contributed by atoms with Crippen molar-refractivity contribution in [2.75, 3.05) is 24.8 Å².